The first-order chi connectivity index (χ1) is 12.4. The highest BCUT2D eigenvalue weighted by Crippen LogP contribution is 2.42. The maximum Gasteiger partial charge on any atom is 0.208 e. The second kappa shape index (κ2) is 7.17. The van der Waals surface area contributed by atoms with Crippen molar-refractivity contribution in [3.05, 3.63) is 23.3 Å². The largest absolute Gasteiger partial charge is 0.298 e. The lowest BCUT2D eigenvalue weighted by Gasteiger charge is -2.49. The molecule has 0 amide bonds. The van der Waals surface area contributed by atoms with Gasteiger partial charge in [-0.3, -0.25) is 4.90 Å². The van der Waals surface area contributed by atoms with E-state index in [2.05, 4.69) is 15.7 Å². The predicted octanol–water partition coefficient (Wildman–Crippen LogP) is 2.17. The van der Waals surface area contributed by atoms with Crippen LogP contribution < -0.4 is 4.72 Å². The fraction of sp³-hybridized carbons (Fsp3) is 0.789. The molecule has 26 heavy (non-hydrogen) atoms. The molecular formula is C19H30N4O2S. The molecule has 144 valence electrons. The Kier molecular flexibility index (Phi) is 5.05. The molecule has 4 heterocycles. The van der Waals surface area contributed by atoms with E-state index >= 15 is 0 Å². The Bertz CT molecular complexity index is 761. The van der Waals surface area contributed by atoms with Crippen molar-refractivity contribution < 1.29 is 8.42 Å². The lowest BCUT2D eigenvalue weighted by molar-refractivity contribution is 0.0316. The van der Waals surface area contributed by atoms with Gasteiger partial charge in [0.1, 0.15) is 5.82 Å². The van der Waals surface area contributed by atoms with Crippen LogP contribution in [0.3, 0.4) is 0 Å². The molecule has 3 saturated heterocycles. The number of aryl methyl sites for hydroxylation is 1. The van der Waals surface area contributed by atoms with Gasteiger partial charge < -0.3 is 0 Å². The second-order valence-corrected chi connectivity index (χ2v) is 10.2. The van der Waals surface area contributed by atoms with Gasteiger partial charge in [0.2, 0.25) is 10.0 Å². The van der Waals surface area contributed by atoms with Gasteiger partial charge in [-0.05, 0) is 51.1 Å². The molecule has 3 aliphatic heterocycles. The maximum atomic E-state index is 11.4. The molecule has 1 aromatic rings. The van der Waals surface area contributed by atoms with E-state index in [0.29, 0.717) is 30.3 Å². The van der Waals surface area contributed by atoms with Crippen molar-refractivity contribution in [3.63, 3.8) is 0 Å². The third-order valence-corrected chi connectivity index (χ3v) is 7.18. The molecule has 1 aliphatic carbocycles. The highest BCUT2D eigenvalue weighted by Gasteiger charge is 2.41. The summed E-state index contributed by atoms with van der Waals surface area (Å²) < 4.78 is 25.5. The van der Waals surface area contributed by atoms with Crippen molar-refractivity contribution >= 4 is 10.0 Å². The molecular weight excluding hydrogens is 348 g/mol. The number of hydrogen-bond donors (Lipinski definition) is 1. The van der Waals surface area contributed by atoms with Crippen molar-refractivity contribution in [2.45, 2.75) is 63.3 Å². The SMILES string of the molecule is Cc1nc(C2CCCC2)cc(C2CN3CCC2CC3CNS(C)(=O)=O)n1. The third kappa shape index (κ3) is 3.94. The molecule has 5 rings (SSSR count). The molecule has 2 bridgehead atoms. The summed E-state index contributed by atoms with van der Waals surface area (Å²) in [7, 11) is -3.12. The quantitative estimate of drug-likeness (QED) is 0.850. The van der Waals surface area contributed by atoms with E-state index in [9.17, 15) is 8.42 Å². The van der Waals surface area contributed by atoms with E-state index in [4.69, 9.17) is 9.97 Å². The van der Waals surface area contributed by atoms with Crippen LogP contribution in [0.2, 0.25) is 0 Å². The molecule has 1 N–H and O–H groups in total. The van der Waals surface area contributed by atoms with E-state index in [1.54, 1.807) is 0 Å². The number of nitrogens with one attached hydrogen (secondary N) is 1. The first kappa shape index (κ1) is 18.3. The van der Waals surface area contributed by atoms with Crippen LogP contribution in [0.25, 0.3) is 0 Å². The summed E-state index contributed by atoms with van der Waals surface area (Å²) in [6, 6.07) is 2.59. The molecule has 0 spiro atoms. The topological polar surface area (TPSA) is 75.2 Å². The van der Waals surface area contributed by atoms with Gasteiger partial charge in [-0.15, -0.1) is 0 Å². The monoisotopic (exact) mass is 378 g/mol. The number of hydrogen-bond acceptors (Lipinski definition) is 5. The lowest BCUT2D eigenvalue weighted by Crippen LogP contribution is -2.56. The first-order valence-corrected chi connectivity index (χ1v) is 11.8. The smallest absolute Gasteiger partial charge is 0.208 e. The number of nitrogens with zero attached hydrogens (tertiary/aromatic N) is 3. The van der Waals surface area contributed by atoms with E-state index < -0.39 is 10.0 Å². The standard InChI is InChI=1S/C19H30N4O2S/c1-13-21-18(14-5-3-4-6-14)10-19(22-13)17-12-23-8-7-15(17)9-16(23)11-20-26(2,24)25/h10,14-17,20H,3-9,11-12H2,1-2H3. The van der Waals surface area contributed by atoms with E-state index in [1.165, 1.54) is 49.7 Å². The van der Waals surface area contributed by atoms with Crippen LogP contribution in [0.15, 0.2) is 6.07 Å². The van der Waals surface area contributed by atoms with Gasteiger partial charge in [-0.2, -0.15) is 0 Å². The molecule has 4 fully saturated rings. The summed E-state index contributed by atoms with van der Waals surface area (Å²) in [4.78, 5) is 12.0. The minimum absolute atomic E-state index is 0.317. The fourth-order valence-electron chi connectivity index (χ4n) is 5.17. The average molecular weight is 379 g/mol. The Morgan fingerprint density at radius 1 is 1.19 bits per heavy atom. The minimum Gasteiger partial charge on any atom is -0.298 e. The van der Waals surface area contributed by atoms with Crippen LogP contribution in [-0.2, 0) is 10.0 Å². The highest BCUT2D eigenvalue weighted by molar-refractivity contribution is 7.88. The van der Waals surface area contributed by atoms with Crippen LogP contribution in [0.1, 0.15) is 67.6 Å². The van der Waals surface area contributed by atoms with E-state index in [1.807, 2.05) is 6.92 Å². The van der Waals surface area contributed by atoms with Crippen LogP contribution in [0.5, 0.6) is 0 Å². The van der Waals surface area contributed by atoms with Crippen LogP contribution >= 0.6 is 0 Å². The number of aromatic nitrogens is 2. The summed E-state index contributed by atoms with van der Waals surface area (Å²) in [6.07, 6.45) is 8.62. The molecule has 4 aliphatic rings. The predicted molar refractivity (Wildman–Crippen MR) is 102 cm³/mol. The Balaban J connectivity index is 1.50. The normalized spacial score (nSPS) is 32.2. The second-order valence-electron chi connectivity index (χ2n) is 8.41. The maximum absolute atomic E-state index is 11.4. The molecule has 1 saturated carbocycles. The highest BCUT2D eigenvalue weighted by atomic mass is 32.2. The summed E-state index contributed by atoms with van der Waals surface area (Å²) in [5.74, 6) is 2.57. The van der Waals surface area contributed by atoms with Crippen LogP contribution in [0.4, 0.5) is 0 Å². The number of fused-ring (bicyclic) bond motifs is 3. The van der Waals surface area contributed by atoms with Crippen LogP contribution in [0, 0.1) is 12.8 Å². The Hall–Kier alpha value is -1.05. The third-order valence-electron chi connectivity index (χ3n) is 6.49. The van der Waals surface area contributed by atoms with Gasteiger partial charge in [0.05, 0.1) is 6.26 Å². The van der Waals surface area contributed by atoms with Gasteiger partial charge in [0, 0.05) is 42.4 Å². The number of rotatable bonds is 5. The number of sulfonamides is 1. The Morgan fingerprint density at radius 2 is 1.92 bits per heavy atom. The Morgan fingerprint density at radius 3 is 2.58 bits per heavy atom. The zero-order chi connectivity index (χ0) is 18.3. The molecule has 4 unspecified atom stereocenters. The zero-order valence-corrected chi connectivity index (χ0v) is 16.6. The summed E-state index contributed by atoms with van der Waals surface area (Å²) >= 11 is 0. The first-order valence-electron chi connectivity index (χ1n) is 9.93. The average Bonchev–Trinajstić information content (AvgIpc) is 3.14. The lowest BCUT2D eigenvalue weighted by atomic mass is 9.74. The van der Waals surface area contributed by atoms with Crippen molar-refractivity contribution in [2.24, 2.45) is 5.92 Å². The summed E-state index contributed by atoms with van der Waals surface area (Å²) in [6.45, 7) is 4.60. The molecule has 1 aromatic heterocycles. The van der Waals surface area contributed by atoms with Gasteiger partial charge in [-0.25, -0.2) is 23.1 Å². The molecule has 0 aromatic carbocycles. The van der Waals surface area contributed by atoms with Crippen LogP contribution in [-0.4, -0.2) is 55.2 Å². The molecule has 4 atom stereocenters. The Labute approximate surface area is 156 Å². The van der Waals surface area contributed by atoms with Crippen molar-refractivity contribution in [1.29, 1.82) is 0 Å². The molecule has 0 radical (unpaired) electrons. The van der Waals surface area contributed by atoms with Crippen molar-refractivity contribution in [1.82, 2.24) is 19.6 Å². The van der Waals surface area contributed by atoms with E-state index in [-0.39, 0.29) is 0 Å². The van der Waals surface area contributed by atoms with Gasteiger partial charge in [0.15, 0.2) is 0 Å². The molecule has 6 nitrogen and oxygen atoms in total. The zero-order valence-electron chi connectivity index (χ0n) is 15.8. The molecule has 7 heteroatoms. The number of piperidine rings is 3. The van der Waals surface area contributed by atoms with E-state index in [0.717, 1.165) is 25.3 Å². The van der Waals surface area contributed by atoms with Gasteiger partial charge in [0.25, 0.3) is 0 Å². The van der Waals surface area contributed by atoms with Crippen molar-refractivity contribution in [3.8, 4) is 0 Å². The van der Waals surface area contributed by atoms with Gasteiger partial charge >= 0.3 is 0 Å². The summed E-state index contributed by atoms with van der Waals surface area (Å²) in [5, 5.41) is 0. The summed E-state index contributed by atoms with van der Waals surface area (Å²) in [5.41, 5.74) is 2.46. The minimum atomic E-state index is -3.12. The van der Waals surface area contributed by atoms with Gasteiger partial charge in [-0.1, -0.05) is 12.8 Å². The van der Waals surface area contributed by atoms with Crippen molar-refractivity contribution in [2.75, 3.05) is 25.9 Å². The fourth-order valence-corrected chi connectivity index (χ4v) is 5.66.